The van der Waals surface area contributed by atoms with Crippen LogP contribution in [0.1, 0.15) is 11.1 Å². The number of benzene rings is 2. The second-order valence-corrected chi connectivity index (χ2v) is 6.92. The third kappa shape index (κ3) is 5.15. The summed E-state index contributed by atoms with van der Waals surface area (Å²) in [5, 5.41) is 8.84. The number of hydrogen-bond donors (Lipinski definition) is 1. The van der Waals surface area contributed by atoms with E-state index in [9.17, 15) is 17.2 Å². The molecule has 0 radical (unpaired) electrons. The minimum absolute atomic E-state index is 0.00480. The predicted octanol–water partition coefficient (Wildman–Crippen LogP) is 2.69. The van der Waals surface area contributed by atoms with Gasteiger partial charge in [0, 0.05) is 6.54 Å². The Morgan fingerprint density at radius 2 is 1.96 bits per heavy atom. The molecule has 2 aromatic rings. The number of methoxy groups -OCH3 is 1. The summed E-state index contributed by atoms with van der Waals surface area (Å²) in [6.07, 6.45) is 0.308. The minimum Gasteiger partial charge on any atom is -0.493 e. The van der Waals surface area contributed by atoms with Gasteiger partial charge in [-0.25, -0.2) is 13.1 Å². The van der Waals surface area contributed by atoms with Gasteiger partial charge < -0.3 is 9.47 Å². The first-order valence-electron chi connectivity index (χ1n) is 7.47. The fourth-order valence-corrected chi connectivity index (χ4v) is 3.28. The van der Waals surface area contributed by atoms with Gasteiger partial charge in [0.2, 0.25) is 10.0 Å². The van der Waals surface area contributed by atoms with Crippen LogP contribution in [-0.2, 0) is 16.4 Å². The lowest BCUT2D eigenvalue weighted by Gasteiger charge is -2.12. The van der Waals surface area contributed by atoms with Crippen molar-refractivity contribution in [2.45, 2.75) is 17.9 Å². The van der Waals surface area contributed by atoms with E-state index in [1.807, 2.05) is 6.07 Å². The monoisotopic (exact) mass is 382 g/mol. The van der Waals surface area contributed by atoms with Crippen LogP contribution >= 0.6 is 0 Å². The van der Waals surface area contributed by atoms with Gasteiger partial charge in [-0.05, 0) is 42.3 Å². The minimum atomic E-state index is -3.76. The van der Waals surface area contributed by atoms with Gasteiger partial charge in [0.05, 0.1) is 23.6 Å². The molecule has 0 aromatic heterocycles. The Kier molecular flexibility index (Phi) is 6.49. The number of halogens is 2. The number of nitrogens with zero attached hydrogens (tertiary/aromatic N) is 1. The molecule has 0 bridgehead atoms. The lowest BCUT2D eigenvalue weighted by molar-refractivity contribution is -0.0512. The van der Waals surface area contributed by atoms with Gasteiger partial charge in [-0.1, -0.05) is 12.1 Å². The molecule has 0 fully saturated rings. The van der Waals surface area contributed by atoms with Gasteiger partial charge in [0.25, 0.3) is 0 Å². The Morgan fingerprint density at radius 1 is 1.19 bits per heavy atom. The number of rotatable bonds is 8. The molecule has 0 saturated heterocycles. The molecule has 138 valence electrons. The molecule has 0 saturated carbocycles. The average molecular weight is 382 g/mol. The smallest absolute Gasteiger partial charge is 0.387 e. The molecular weight excluding hydrogens is 366 g/mol. The fraction of sp³-hybridized carbons (Fsp3) is 0.235. The van der Waals surface area contributed by atoms with E-state index in [-0.39, 0.29) is 28.5 Å². The van der Waals surface area contributed by atoms with E-state index in [0.29, 0.717) is 12.0 Å². The van der Waals surface area contributed by atoms with E-state index in [4.69, 9.17) is 10.00 Å². The summed E-state index contributed by atoms with van der Waals surface area (Å²) in [5.74, 6) is 0.0347. The number of ether oxygens (including phenoxy) is 2. The van der Waals surface area contributed by atoms with Gasteiger partial charge in [-0.15, -0.1) is 0 Å². The van der Waals surface area contributed by atoms with Crippen molar-refractivity contribution in [3.05, 3.63) is 53.6 Å². The number of nitriles is 1. The zero-order valence-corrected chi connectivity index (χ0v) is 14.6. The van der Waals surface area contributed by atoms with Crippen LogP contribution in [0.2, 0.25) is 0 Å². The third-order valence-electron chi connectivity index (χ3n) is 3.42. The van der Waals surface area contributed by atoms with Crippen LogP contribution in [0.3, 0.4) is 0 Å². The molecule has 0 aliphatic carbocycles. The fourth-order valence-electron chi connectivity index (χ4n) is 2.21. The first kappa shape index (κ1) is 19.6. The molecule has 0 amide bonds. The SMILES string of the molecule is COc1cc(CCNS(=O)(=O)c2cccc(C#N)c2)ccc1OC(F)F. The number of hydrogen-bond acceptors (Lipinski definition) is 5. The van der Waals surface area contributed by atoms with Crippen LogP contribution in [-0.4, -0.2) is 28.7 Å². The van der Waals surface area contributed by atoms with E-state index < -0.39 is 16.6 Å². The average Bonchev–Trinajstić information content (AvgIpc) is 2.62. The highest BCUT2D eigenvalue weighted by molar-refractivity contribution is 7.89. The molecular formula is C17H16F2N2O4S. The van der Waals surface area contributed by atoms with Gasteiger partial charge in [0.15, 0.2) is 11.5 Å². The van der Waals surface area contributed by atoms with Gasteiger partial charge in [-0.2, -0.15) is 14.0 Å². The molecule has 2 aromatic carbocycles. The molecule has 0 spiro atoms. The van der Waals surface area contributed by atoms with Crippen LogP contribution in [0, 0.1) is 11.3 Å². The molecule has 0 unspecified atom stereocenters. The van der Waals surface area contributed by atoms with Crippen molar-refractivity contribution in [2.75, 3.05) is 13.7 Å². The van der Waals surface area contributed by atoms with Crippen molar-refractivity contribution in [1.29, 1.82) is 5.26 Å². The summed E-state index contributed by atoms with van der Waals surface area (Å²) in [6, 6.07) is 11.9. The second kappa shape index (κ2) is 8.60. The Bertz CT molecular complexity index is 911. The Balaban J connectivity index is 2.03. The molecule has 0 heterocycles. The highest BCUT2D eigenvalue weighted by atomic mass is 32.2. The van der Waals surface area contributed by atoms with Crippen molar-refractivity contribution in [1.82, 2.24) is 4.72 Å². The van der Waals surface area contributed by atoms with Crippen molar-refractivity contribution in [3.8, 4) is 17.6 Å². The quantitative estimate of drug-likeness (QED) is 0.758. The van der Waals surface area contributed by atoms with E-state index in [1.54, 1.807) is 6.07 Å². The zero-order valence-electron chi connectivity index (χ0n) is 13.8. The highest BCUT2D eigenvalue weighted by Crippen LogP contribution is 2.29. The summed E-state index contributed by atoms with van der Waals surface area (Å²) in [7, 11) is -2.44. The lowest BCUT2D eigenvalue weighted by atomic mass is 10.1. The van der Waals surface area contributed by atoms with E-state index in [2.05, 4.69) is 9.46 Å². The number of sulfonamides is 1. The summed E-state index contributed by atoms with van der Waals surface area (Å²) in [5.41, 5.74) is 0.921. The maximum absolute atomic E-state index is 12.3. The normalized spacial score (nSPS) is 11.2. The predicted molar refractivity (Wildman–Crippen MR) is 89.7 cm³/mol. The van der Waals surface area contributed by atoms with Crippen molar-refractivity contribution < 1.29 is 26.7 Å². The maximum Gasteiger partial charge on any atom is 0.387 e. The Morgan fingerprint density at radius 3 is 2.62 bits per heavy atom. The largest absolute Gasteiger partial charge is 0.493 e. The molecule has 6 nitrogen and oxygen atoms in total. The first-order valence-corrected chi connectivity index (χ1v) is 8.95. The van der Waals surface area contributed by atoms with Crippen molar-refractivity contribution in [3.63, 3.8) is 0 Å². The summed E-state index contributed by atoms with van der Waals surface area (Å²) in [6.45, 7) is -2.89. The molecule has 2 rings (SSSR count). The van der Waals surface area contributed by atoms with E-state index in [0.717, 1.165) is 0 Å². The summed E-state index contributed by atoms with van der Waals surface area (Å²) < 4.78 is 60.9. The van der Waals surface area contributed by atoms with Crippen molar-refractivity contribution >= 4 is 10.0 Å². The molecule has 1 N–H and O–H groups in total. The van der Waals surface area contributed by atoms with Crippen LogP contribution in [0.25, 0.3) is 0 Å². The van der Waals surface area contributed by atoms with Crippen LogP contribution in [0.15, 0.2) is 47.4 Å². The Labute approximate surface area is 150 Å². The maximum atomic E-state index is 12.3. The van der Waals surface area contributed by atoms with Gasteiger partial charge >= 0.3 is 6.61 Å². The number of nitrogens with one attached hydrogen (secondary N) is 1. The third-order valence-corrected chi connectivity index (χ3v) is 4.88. The number of alkyl halides is 2. The van der Waals surface area contributed by atoms with Crippen molar-refractivity contribution in [2.24, 2.45) is 0 Å². The van der Waals surface area contributed by atoms with Crippen LogP contribution in [0.4, 0.5) is 8.78 Å². The van der Waals surface area contributed by atoms with E-state index >= 15 is 0 Å². The molecule has 0 aliphatic heterocycles. The Hall–Kier alpha value is -2.70. The molecule has 0 aliphatic rings. The summed E-state index contributed by atoms with van der Waals surface area (Å²) >= 11 is 0. The van der Waals surface area contributed by atoms with E-state index in [1.165, 1.54) is 43.5 Å². The van der Waals surface area contributed by atoms with Crippen LogP contribution in [0.5, 0.6) is 11.5 Å². The zero-order chi connectivity index (χ0) is 19.2. The molecule has 0 atom stereocenters. The molecule has 9 heteroatoms. The summed E-state index contributed by atoms with van der Waals surface area (Å²) in [4.78, 5) is -0.00480. The molecule has 26 heavy (non-hydrogen) atoms. The van der Waals surface area contributed by atoms with Crippen LogP contribution < -0.4 is 14.2 Å². The highest BCUT2D eigenvalue weighted by Gasteiger charge is 2.15. The topological polar surface area (TPSA) is 88.4 Å². The second-order valence-electron chi connectivity index (χ2n) is 5.15. The first-order chi connectivity index (χ1) is 12.4. The van der Waals surface area contributed by atoms with Gasteiger partial charge in [-0.3, -0.25) is 0 Å². The standard InChI is InChI=1S/C17H16F2N2O4S/c1-24-16-10-12(5-6-15(16)25-17(18)19)7-8-21-26(22,23)14-4-2-3-13(9-14)11-20/h2-6,9-10,17,21H,7-8H2,1H3. The lowest BCUT2D eigenvalue weighted by Crippen LogP contribution is -2.26. The van der Waals surface area contributed by atoms with Gasteiger partial charge in [0.1, 0.15) is 0 Å².